The Balaban J connectivity index is 1.28. The van der Waals surface area contributed by atoms with Gasteiger partial charge in [0.15, 0.2) is 5.78 Å². The van der Waals surface area contributed by atoms with E-state index >= 15 is 0 Å². The molecule has 3 aromatic rings. The lowest BCUT2D eigenvalue weighted by atomic mass is 10.0. The van der Waals surface area contributed by atoms with Gasteiger partial charge in [-0.1, -0.05) is 30.3 Å². The lowest BCUT2D eigenvalue weighted by molar-refractivity contribution is -0.119. The minimum atomic E-state index is 0.0438. The van der Waals surface area contributed by atoms with Crippen molar-refractivity contribution in [3.05, 3.63) is 71.4 Å². The minimum absolute atomic E-state index is 0.0438. The minimum Gasteiger partial charge on any atom is -0.392 e. The van der Waals surface area contributed by atoms with Crippen LogP contribution in [0.25, 0.3) is 10.9 Å². The Bertz CT molecular complexity index is 1030. The summed E-state index contributed by atoms with van der Waals surface area (Å²) in [6, 6.07) is 16.4. The number of ketones is 1. The highest BCUT2D eigenvalue weighted by atomic mass is 16.3. The molecule has 4 rings (SSSR count). The molecule has 1 aliphatic rings. The summed E-state index contributed by atoms with van der Waals surface area (Å²) < 4.78 is 0. The Morgan fingerprint density at radius 2 is 2.00 bits per heavy atom. The highest BCUT2D eigenvalue weighted by Crippen LogP contribution is 2.24. The number of nitrogens with one attached hydrogen (secondary N) is 1. The van der Waals surface area contributed by atoms with E-state index in [2.05, 4.69) is 34.3 Å². The van der Waals surface area contributed by atoms with Crippen molar-refractivity contribution < 1.29 is 9.90 Å². The fraction of sp³-hybridized carbons (Fsp3) is 0.360. The molecule has 1 aromatic heterocycles. The monoisotopic (exact) mass is 403 g/mol. The van der Waals surface area contributed by atoms with E-state index in [1.165, 1.54) is 0 Å². The molecule has 5 nitrogen and oxygen atoms in total. The number of aliphatic hydroxyl groups is 1. The molecule has 0 aliphatic carbocycles. The highest BCUT2D eigenvalue weighted by molar-refractivity contribution is 5.85. The van der Waals surface area contributed by atoms with Crippen LogP contribution >= 0.6 is 0 Å². The van der Waals surface area contributed by atoms with Crippen molar-refractivity contribution in [2.45, 2.75) is 38.8 Å². The van der Waals surface area contributed by atoms with Crippen LogP contribution in [-0.4, -0.2) is 46.4 Å². The average Bonchev–Trinajstić information content (AvgIpc) is 2.76. The van der Waals surface area contributed by atoms with E-state index in [9.17, 15) is 9.90 Å². The Morgan fingerprint density at radius 3 is 2.80 bits per heavy atom. The van der Waals surface area contributed by atoms with Gasteiger partial charge in [-0.15, -0.1) is 0 Å². The van der Waals surface area contributed by atoms with E-state index in [1.54, 1.807) is 6.20 Å². The summed E-state index contributed by atoms with van der Waals surface area (Å²) in [5.41, 5.74) is 5.16. The van der Waals surface area contributed by atoms with Gasteiger partial charge in [0.2, 0.25) is 0 Å². The number of para-hydroxylation sites is 1. The number of hydrogen-bond donors (Lipinski definition) is 2. The molecule has 0 amide bonds. The molecule has 0 bridgehead atoms. The second kappa shape index (κ2) is 9.37. The summed E-state index contributed by atoms with van der Waals surface area (Å²) >= 11 is 0. The number of carbonyl (C=O) groups is 1. The van der Waals surface area contributed by atoms with Crippen molar-refractivity contribution >= 4 is 22.4 Å². The molecule has 2 aromatic carbocycles. The van der Waals surface area contributed by atoms with Crippen LogP contribution in [0.4, 0.5) is 5.69 Å². The van der Waals surface area contributed by atoms with E-state index in [4.69, 9.17) is 0 Å². The number of hydrogen-bond acceptors (Lipinski definition) is 5. The lowest BCUT2D eigenvalue weighted by Crippen LogP contribution is -2.42. The number of aliphatic hydroxyl groups excluding tert-OH is 1. The second-order valence-corrected chi connectivity index (χ2v) is 8.21. The van der Waals surface area contributed by atoms with Crippen LogP contribution in [0.15, 0.2) is 54.7 Å². The molecular weight excluding hydrogens is 374 g/mol. The van der Waals surface area contributed by atoms with E-state index in [1.807, 2.05) is 36.4 Å². The van der Waals surface area contributed by atoms with E-state index in [-0.39, 0.29) is 12.4 Å². The van der Waals surface area contributed by atoms with Crippen molar-refractivity contribution in [3.8, 4) is 0 Å². The first-order valence-electron chi connectivity index (χ1n) is 10.7. The summed E-state index contributed by atoms with van der Waals surface area (Å²) in [5, 5.41) is 14.3. The molecule has 156 valence electrons. The van der Waals surface area contributed by atoms with Gasteiger partial charge in [0.25, 0.3) is 0 Å². The molecule has 30 heavy (non-hydrogen) atoms. The molecule has 0 spiro atoms. The fourth-order valence-electron chi connectivity index (χ4n) is 4.27. The predicted octanol–water partition coefficient (Wildman–Crippen LogP) is 3.72. The van der Waals surface area contributed by atoms with Crippen molar-refractivity contribution in [1.29, 1.82) is 0 Å². The van der Waals surface area contributed by atoms with Gasteiger partial charge in [0.05, 0.1) is 18.7 Å². The normalized spacial score (nSPS) is 15.4. The number of anilines is 1. The smallest absolute Gasteiger partial charge is 0.151 e. The summed E-state index contributed by atoms with van der Waals surface area (Å²) in [5.74, 6) is 0.256. The zero-order chi connectivity index (χ0) is 20.9. The number of fused-ring (bicyclic) bond motifs is 1. The molecule has 1 saturated heterocycles. The largest absolute Gasteiger partial charge is 0.392 e. The summed E-state index contributed by atoms with van der Waals surface area (Å²) in [4.78, 5) is 19.2. The van der Waals surface area contributed by atoms with E-state index in [0.717, 1.165) is 59.2 Å². The predicted molar refractivity (Wildman–Crippen MR) is 121 cm³/mol. The van der Waals surface area contributed by atoms with Crippen LogP contribution in [0.2, 0.25) is 0 Å². The third kappa shape index (κ3) is 4.86. The van der Waals surface area contributed by atoms with Crippen LogP contribution in [-0.2, 0) is 17.8 Å². The topological polar surface area (TPSA) is 65.5 Å². The van der Waals surface area contributed by atoms with Gasteiger partial charge in [-0.05, 0) is 49.1 Å². The molecule has 2 heterocycles. The molecule has 1 fully saturated rings. The van der Waals surface area contributed by atoms with Gasteiger partial charge in [-0.2, -0.15) is 0 Å². The number of benzene rings is 2. The first kappa shape index (κ1) is 20.5. The number of carbonyl (C=O) groups excluding carboxylic acids is 1. The van der Waals surface area contributed by atoms with Crippen molar-refractivity contribution in [3.63, 3.8) is 0 Å². The molecule has 1 aliphatic heterocycles. The molecule has 0 unspecified atom stereocenters. The Morgan fingerprint density at radius 1 is 1.17 bits per heavy atom. The number of pyridine rings is 1. The number of aromatic nitrogens is 1. The van der Waals surface area contributed by atoms with Crippen molar-refractivity contribution in [2.24, 2.45) is 0 Å². The lowest BCUT2D eigenvalue weighted by Gasteiger charge is -2.33. The van der Waals surface area contributed by atoms with Gasteiger partial charge < -0.3 is 10.4 Å². The van der Waals surface area contributed by atoms with Crippen LogP contribution in [0.3, 0.4) is 0 Å². The zero-order valence-corrected chi connectivity index (χ0v) is 17.5. The zero-order valence-electron chi connectivity index (χ0n) is 17.5. The Labute approximate surface area is 177 Å². The SMILES string of the molecule is Cc1cccc(CO)c1NC1CCN(CC(=O)Cc2ccc3ncccc3c2)CC1. The highest BCUT2D eigenvalue weighted by Gasteiger charge is 2.22. The number of aryl methyl sites for hydroxylation is 1. The van der Waals surface area contributed by atoms with Crippen LogP contribution < -0.4 is 5.32 Å². The molecule has 5 heteroatoms. The third-order valence-corrected chi connectivity index (χ3v) is 5.93. The standard InChI is InChI=1S/C25H29N3O2/c1-18-4-2-5-21(17-29)25(18)27-22-9-12-28(13-10-22)16-23(30)15-19-7-8-24-20(14-19)6-3-11-26-24/h2-8,11,14,22,27,29H,9-10,12-13,15-17H2,1H3. The van der Waals surface area contributed by atoms with Crippen LogP contribution in [0.5, 0.6) is 0 Å². The second-order valence-electron chi connectivity index (χ2n) is 8.21. The summed E-state index contributed by atoms with van der Waals surface area (Å²) in [7, 11) is 0. The first-order valence-corrected chi connectivity index (χ1v) is 10.7. The Kier molecular flexibility index (Phi) is 6.41. The van der Waals surface area contributed by atoms with Crippen molar-refractivity contribution in [2.75, 3.05) is 25.0 Å². The Hall–Kier alpha value is -2.76. The maximum Gasteiger partial charge on any atom is 0.151 e. The van der Waals surface area contributed by atoms with E-state index in [0.29, 0.717) is 19.0 Å². The molecule has 0 atom stereocenters. The molecule has 0 saturated carbocycles. The van der Waals surface area contributed by atoms with Gasteiger partial charge in [-0.25, -0.2) is 0 Å². The fourth-order valence-corrected chi connectivity index (χ4v) is 4.27. The molecular formula is C25H29N3O2. The third-order valence-electron chi connectivity index (χ3n) is 5.93. The summed E-state index contributed by atoms with van der Waals surface area (Å²) in [6.07, 6.45) is 4.24. The maximum atomic E-state index is 12.6. The quantitative estimate of drug-likeness (QED) is 0.629. The maximum absolute atomic E-state index is 12.6. The molecule has 2 N–H and O–H groups in total. The number of nitrogens with zero attached hydrogens (tertiary/aromatic N) is 2. The van der Waals surface area contributed by atoms with Crippen molar-refractivity contribution in [1.82, 2.24) is 9.88 Å². The van der Waals surface area contributed by atoms with Crippen LogP contribution in [0, 0.1) is 6.92 Å². The van der Waals surface area contributed by atoms with Gasteiger partial charge in [-0.3, -0.25) is 14.7 Å². The average molecular weight is 404 g/mol. The van der Waals surface area contributed by atoms with Gasteiger partial charge in [0.1, 0.15) is 0 Å². The number of likely N-dealkylation sites (tertiary alicyclic amines) is 1. The number of Topliss-reactive ketones (excluding diaryl/α,β-unsaturated/α-hetero) is 1. The first-order chi connectivity index (χ1) is 14.6. The number of rotatable bonds is 7. The summed E-state index contributed by atoms with van der Waals surface area (Å²) in [6.45, 7) is 4.43. The van der Waals surface area contributed by atoms with Gasteiger partial charge in [0, 0.05) is 48.4 Å². The van der Waals surface area contributed by atoms with Crippen LogP contribution in [0.1, 0.15) is 29.5 Å². The van der Waals surface area contributed by atoms with E-state index < -0.39 is 0 Å². The number of piperidine rings is 1. The molecule has 0 radical (unpaired) electrons. The van der Waals surface area contributed by atoms with Gasteiger partial charge >= 0.3 is 0 Å².